The molecule has 0 aliphatic rings. The van der Waals surface area contributed by atoms with Crippen molar-refractivity contribution >= 4 is 15.9 Å². The summed E-state index contributed by atoms with van der Waals surface area (Å²) in [6.45, 7) is 4.67. The third kappa shape index (κ3) is 5.69. The summed E-state index contributed by atoms with van der Waals surface area (Å²) < 4.78 is 17.8. The van der Waals surface area contributed by atoms with Crippen molar-refractivity contribution in [3.8, 4) is 17.4 Å². The number of methoxy groups -OCH3 is 1. The molecule has 1 aromatic carbocycles. The minimum Gasteiger partial charge on any atom is -0.493 e. The Morgan fingerprint density at radius 3 is 2.75 bits per heavy atom. The molecule has 0 aliphatic heterocycles. The fourth-order valence-corrected chi connectivity index (χ4v) is 2.64. The van der Waals surface area contributed by atoms with Crippen LogP contribution >= 0.6 is 15.9 Å². The number of ether oxygens (including phenoxy) is 3. The smallest absolute Gasteiger partial charge is 0.213 e. The number of rotatable bonds is 10. The van der Waals surface area contributed by atoms with Crippen molar-refractivity contribution in [2.75, 3.05) is 26.9 Å². The molecule has 2 rings (SSSR count). The van der Waals surface area contributed by atoms with Gasteiger partial charge in [0, 0.05) is 35.4 Å². The third-order valence-corrected chi connectivity index (χ3v) is 3.71. The summed E-state index contributed by atoms with van der Waals surface area (Å²) in [5.74, 6) is 2.16. The van der Waals surface area contributed by atoms with Crippen LogP contribution in [-0.4, -0.2) is 31.9 Å². The molecular formula is C18H23BrN2O3. The Morgan fingerprint density at radius 1 is 1.17 bits per heavy atom. The van der Waals surface area contributed by atoms with Crippen molar-refractivity contribution in [1.29, 1.82) is 0 Å². The Hall–Kier alpha value is -1.79. The zero-order valence-electron chi connectivity index (χ0n) is 14.0. The van der Waals surface area contributed by atoms with Gasteiger partial charge in [0.2, 0.25) is 5.88 Å². The first kappa shape index (κ1) is 18.5. The number of hydrogen-bond acceptors (Lipinski definition) is 5. The topological polar surface area (TPSA) is 52.6 Å². The van der Waals surface area contributed by atoms with Crippen molar-refractivity contribution in [1.82, 2.24) is 10.3 Å². The minimum atomic E-state index is 0.549. The lowest BCUT2D eigenvalue weighted by Gasteiger charge is -2.16. The van der Waals surface area contributed by atoms with Gasteiger partial charge in [-0.05, 0) is 24.6 Å². The fourth-order valence-electron chi connectivity index (χ4n) is 2.16. The van der Waals surface area contributed by atoms with Crippen LogP contribution in [0.15, 0.2) is 41.0 Å². The standard InChI is InChI=1S/C18H23BrN2O3/c1-3-9-24-18-14(11-15(19)12-16(18)22-2)13-20-8-10-23-17-6-4-5-7-21-17/h4-7,11-12,20H,3,8-10,13H2,1-2H3. The zero-order valence-corrected chi connectivity index (χ0v) is 15.6. The van der Waals surface area contributed by atoms with Crippen molar-refractivity contribution < 1.29 is 14.2 Å². The van der Waals surface area contributed by atoms with Gasteiger partial charge >= 0.3 is 0 Å². The summed E-state index contributed by atoms with van der Waals surface area (Å²) in [6, 6.07) is 9.57. The Bertz CT molecular complexity index is 623. The lowest BCUT2D eigenvalue weighted by atomic mass is 10.2. The molecule has 1 N–H and O–H groups in total. The maximum Gasteiger partial charge on any atom is 0.213 e. The summed E-state index contributed by atoms with van der Waals surface area (Å²) in [7, 11) is 1.65. The molecule has 5 nitrogen and oxygen atoms in total. The quantitative estimate of drug-likeness (QED) is 0.620. The predicted octanol–water partition coefficient (Wildman–Crippen LogP) is 3.81. The highest BCUT2D eigenvalue weighted by atomic mass is 79.9. The van der Waals surface area contributed by atoms with Gasteiger partial charge in [-0.3, -0.25) is 0 Å². The van der Waals surface area contributed by atoms with Crippen LogP contribution in [0.5, 0.6) is 17.4 Å². The number of nitrogens with zero attached hydrogens (tertiary/aromatic N) is 1. The van der Waals surface area contributed by atoms with Gasteiger partial charge in [0.05, 0.1) is 13.7 Å². The highest BCUT2D eigenvalue weighted by Gasteiger charge is 2.12. The summed E-state index contributed by atoms with van der Waals surface area (Å²) in [6.07, 6.45) is 2.66. The van der Waals surface area contributed by atoms with E-state index in [-0.39, 0.29) is 0 Å². The first-order chi connectivity index (χ1) is 11.7. The van der Waals surface area contributed by atoms with Gasteiger partial charge in [-0.25, -0.2) is 4.98 Å². The second kappa shape index (κ2) is 10.2. The summed E-state index contributed by atoms with van der Waals surface area (Å²) in [5, 5.41) is 3.36. The SMILES string of the molecule is CCCOc1c(CNCCOc2ccccn2)cc(Br)cc1OC. The number of aromatic nitrogens is 1. The molecular weight excluding hydrogens is 372 g/mol. The predicted molar refractivity (Wildman–Crippen MR) is 97.9 cm³/mol. The van der Waals surface area contributed by atoms with Crippen LogP contribution in [0.25, 0.3) is 0 Å². The summed E-state index contributed by atoms with van der Waals surface area (Å²) in [5.41, 5.74) is 1.05. The molecule has 2 aromatic rings. The molecule has 0 aliphatic carbocycles. The van der Waals surface area contributed by atoms with Crippen molar-refractivity contribution in [2.45, 2.75) is 19.9 Å². The van der Waals surface area contributed by atoms with Gasteiger partial charge in [0.1, 0.15) is 6.61 Å². The molecule has 6 heteroatoms. The Kier molecular flexibility index (Phi) is 7.85. The van der Waals surface area contributed by atoms with E-state index < -0.39 is 0 Å². The first-order valence-corrected chi connectivity index (χ1v) is 8.77. The largest absolute Gasteiger partial charge is 0.493 e. The first-order valence-electron chi connectivity index (χ1n) is 7.98. The van der Waals surface area contributed by atoms with Crippen LogP contribution in [0.4, 0.5) is 0 Å². The van der Waals surface area contributed by atoms with Gasteiger partial charge in [-0.2, -0.15) is 0 Å². The van der Waals surface area contributed by atoms with Crippen LogP contribution in [0.3, 0.4) is 0 Å². The monoisotopic (exact) mass is 394 g/mol. The van der Waals surface area contributed by atoms with E-state index in [0.29, 0.717) is 32.2 Å². The van der Waals surface area contributed by atoms with Gasteiger partial charge in [0.15, 0.2) is 11.5 Å². The molecule has 0 atom stereocenters. The van der Waals surface area contributed by atoms with E-state index in [1.54, 1.807) is 13.3 Å². The minimum absolute atomic E-state index is 0.549. The van der Waals surface area contributed by atoms with Crippen LogP contribution < -0.4 is 19.5 Å². The van der Waals surface area contributed by atoms with Crippen molar-refractivity contribution in [2.24, 2.45) is 0 Å². The Balaban J connectivity index is 1.89. The van der Waals surface area contributed by atoms with Gasteiger partial charge in [-0.1, -0.05) is 28.9 Å². The Morgan fingerprint density at radius 2 is 2.04 bits per heavy atom. The third-order valence-electron chi connectivity index (χ3n) is 3.25. The molecule has 1 heterocycles. The van der Waals surface area contributed by atoms with Crippen LogP contribution in [0.2, 0.25) is 0 Å². The maximum absolute atomic E-state index is 5.86. The molecule has 0 bridgehead atoms. The van der Waals surface area contributed by atoms with Crippen LogP contribution in [-0.2, 0) is 6.54 Å². The highest BCUT2D eigenvalue weighted by molar-refractivity contribution is 9.10. The van der Waals surface area contributed by atoms with E-state index in [9.17, 15) is 0 Å². The molecule has 0 amide bonds. The molecule has 24 heavy (non-hydrogen) atoms. The normalized spacial score (nSPS) is 10.5. The van der Waals surface area contributed by atoms with E-state index in [1.165, 1.54) is 0 Å². The Labute approximate surface area is 151 Å². The van der Waals surface area contributed by atoms with Gasteiger partial charge < -0.3 is 19.5 Å². The van der Waals surface area contributed by atoms with E-state index in [4.69, 9.17) is 14.2 Å². The average Bonchev–Trinajstić information content (AvgIpc) is 2.61. The lowest BCUT2D eigenvalue weighted by Crippen LogP contribution is -2.21. The summed E-state index contributed by atoms with van der Waals surface area (Å²) >= 11 is 3.51. The molecule has 0 unspecified atom stereocenters. The highest BCUT2D eigenvalue weighted by Crippen LogP contribution is 2.35. The lowest BCUT2D eigenvalue weighted by molar-refractivity contribution is 0.287. The number of benzene rings is 1. The maximum atomic E-state index is 5.86. The molecule has 0 radical (unpaired) electrons. The summed E-state index contributed by atoms with van der Waals surface area (Å²) in [4.78, 5) is 4.12. The molecule has 0 spiro atoms. The number of pyridine rings is 1. The second-order valence-corrected chi connectivity index (χ2v) is 6.05. The van der Waals surface area contributed by atoms with Crippen molar-refractivity contribution in [3.05, 3.63) is 46.6 Å². The van der Waals surface area contributed by atoms with Gasteiger partial charge in [-0.15, -0.1) is 0 Å². The molecule has 0 fully saturated rings. The molecule has 130 valence electrons. The number of hydrogen-bond donors (Lipinski definition) is 1. The zero-order chi connectivity index (χ0) is 17.2. The molecule has 1 aromatic heterocycles. The molecule has 0 saturated carbocycles. The number of nitrogens with one attached hydrogen (secondary N) is 1. The van der Waals surface area contributed by atoms with Crippen LogP contribution in [0.1, 0.15) is 18.9 Å². The van der Waals surface area contributed by atoms with E-state index in [0.717, 1.165) is 28.0 Å². The van der Waals surface area contributed by atoms with E-state index in [2.05, 4.69) is 33.2 Å². The average molecular weight is 395 g/mol. The van der Waals surface area contributed by atoms with Crippen LogP contribution in [0, 0.1) is 0 Å². The number of halogens is 1. The van der Waals surface area contributed by atoms with E-state index in [1.807, 2.05) is 30.3 Å². The van der Waals surface area contributed by atoms with Crippen molar-refractivity contribution in [3.63, 3.8) is 0 Å². The fraction of sp³-hybridized carbons (Fsp3) is 0.389. The molecule has 0 saturated heterocycles. The second-order valence-electron chi connectivity index (χ2n) is 5.14. The van der Waals surface area contributed by atoms with E-state index >= 15 is 0 Å². The van der Waals surface area contributed by atoms with Gasteiger partial charge in [0.25, 0.3) is 0 Å².